The number of hydrogen-bond donors (Lipinski definition) is 1. The number of ether oxygens (including phenoxy) is 1. The van der Waals surface area contributed by atoms with Crippen LogP contribution in [-0.4, -0.2) is 23.1 Å². The standard InChI is InChI=1S/C10H12O4/c1-9-5-3-4-6(14-8(9)13)10(9,2)7(11)12/h3,5-6H,4H2,1-2H3,(H,11,12). The highest BCUT2D eigenvalue weighted by molar-refractivity contribution is 5.93. The Morgan fingerprint density at radius 3 is 2.71 bits per heavy atom. The minimum Gasteiger partial charge on any atom is -0.481 e. The van der Waals surface area contributed by atoms with E-state index in [1.54, 1.807) is 19.9 Å². The normalized spacial score (nSPS) is 45.0. The van der Waals surface area contributed by atoms with E-state index in [1.165, 1.54) is 0 Å². The smallest absolute Gasteiger partial charge is 0.317 e. The van der Waals surface area contributed by atoms with Gasteiger partial charge < -0.3 is 9.84 Å². The highest BCUT2D eigenvalue weighted by atomic mass is 16.6. The molecule has 1 saturated heterocycles. The quantitative estimate of drug-likeness (QED) is 0.501. The fourth-order valence-electron chi connectivity index (χ4n) is 2.23. The Morgan fingerprint density at radius 2 is 2.29 bits per heavy atom. The molecule has 4 nitrogen and oxygen atoms in total. The second-order valence-electron chi connectivity index (χ2n) is 4.24. The fourth-order valence-corrected chi connectivity index (χ4v) is 2.23. The largest absolute Gasteiger partial charge is 0.481 e. The van der Waals surface area contributed by atoms with Crippen LogP contribution in [0, 0.1) is 10.8 Å². The summed E-state index contributed by atoms with van der Waals surface area (Å²) >= 11 is 0. The summed E-state index contributed by atoms with van der Waals surface area (Å²) in [6.45, 7) is 3.20. The summed E-state index contributed by atoms with van der Waals surface area (Å²) in [7, 11) is 0. The molecule has 1 aliphatic carbocycles. The van der Waals surface area contributed by atoms with Crippen molar-refractivity contribution in [1.82, 2.24) is 0 Å². The molecule has 0 spiro atoms. The zero-order valence-electron chi connectivity index (χ0n) is 8.11. The first-order chi connectivity index (χ1) is 6.43. The number of carboxylic acid groups (broad SMARTS) is 1. The molecule has 4 heteroatoms. The van der Waals surface area contributed by atoms with Crippen LogP contribution in [0.3, 0.4) is 0 Å². The Labute approximate surface area is 81.6 Å². The van der Waals surface area contributed by atoms with E-state index in [2.05, 4.69) is 0 Å². The number of carbonyl (C=O) groups is 2. The number of carbonyl (C=O) groups excluding carboxylic acids is 1. The van der Waals surface area contributed by atoms with Gasteiger partial charge in [0, 0.05) is 6.42 Å². The Morgan fingerprint density at radius 1 is 1.64 bits per heavy atom. The predicted octanol–water partition coefficient (Wildman–Crippen LogP) is 0.969. The van der Waals surface area contributed by atoms with Crippen LogP contribution in [0.15, 0.2) is 12.2 Å². The highest BCUT2D eigenvalue weighted by Gasteiger charge is 2.66. The number of esters is 1. The van der Waals surface area contributed by atoms with Crippen molar-refractivity contribution in [2.45, 2.75) is 26.4 Å². The van der Waals surface area contributed by atoms with Gasteiger partial charge in [-0.05, 0) is 13.8 Å². The van der Waals surface area contributed by atoms with Crippen molar-refractivity contribution in [3.8, 4) is 0 Å². The second kappa shape index (κ2) is 2.38. The van der Waals surface area contributed by atoms with E-state index in [9.17, 15) is 14.7 Å². The summed E-state index contributed by atoms with van der Waals surface area (Å²) in [4.78, 5) is 22.8. The van der Waals surface area contributed by atoms with E-state index >= 15 is 0 Å². The molecular formula is C10H12O4. The van der Waals surface area contributed by atoms with Gasteiger partial charge in [0.05, 0.1) is 0 Å². The van der Waals surface area contributed by atoms with Crippen LogP contribution in [0.25, 0.3) is 0 Å². The molecule has 1 aliphatic heterocycles. The topological polar surface area (TPSA) is 63.6 Å². The summed E-state index contributed by atoms with van der Waals surface area (Å²) < 4.78 is 5.08. The molecule has 76 valence electrons. The zero-order chi connectivity index (χ0) is 10.6. The van der Waals surface area contributed by atoms with Gasteiger partial charge in [-0.1, -0.05) is 12.2 Å². The van der Waals surface area contributed by atoms with Gasteiger partial charge in [0.2, 0.25) is 0 Å². The molecule has 3 atom stereocenters. The van der Waals surface area contributed by atoms with Crippen LogP contribution in [0.5, 0.6) is 0 Å². The zero-order valence-corrected chi connectivity index (χ0v) is 8.11. The maximum atomic E-state index is 11.6. The Bertz CT molecular complexity index is 346. The fraction of sp³-hybridized carbons (Fsp3) is 0.600. The molecule has 1 heterocycles. The first kappa shape index (κ1) is 9.24. The molecule has 0 saturated carbocycles. The molecule has 1 N–H and O–H groups in total. The van der Waals surface area contributed by atoms with Gasteiger partial charge in [-0.3, -0.25) is 9.59 Å². The maximum absolute atomic E-state index is 11.6. The molecule has 2 bridgehead atoms. The van der Waals surface area contributed by atoms with Gasteiger partial charge in [0.1, 0.15) is 16.9 Å². The molecule has 2 aliphatic rings. The number of fused-ring (bicyclic) bond motifs is 2. The SMILES string of the molecule is CC12C=CCC(OC1=O)C2(C)C(=O)O. The number of carboxylic acids is 1. The van der Waals surface area contributed by atoms with Crippen LogP contribution in [0.2, 0.25) is 0 Å². The van der Waals surface area contributed by atoms with Crippen molar-refractivity contribution in [3.63, 3.8) is 0 Å². The monoisotopic (exact) mass is 196 g/mol. The molecule has 0 radical (unpaired) electrons. The molecule has 0 aromatic heterocycles. The summed E-state index contributed by atoms with van der Waals surface area (Å²) in [5.41, 5.74) is -2.14. The Balaban J connectivity index is 2.60. The molecule has 2 rings (SSSR count). The van der Waals surface area contributed by atoms with Gasteiger partial charge >= 0.3 is 11.9 Å². The van der Waals surface area contributed by atoms with Gasteiger partial charge in [-0.25, -0.2) is 0 Å². The molecule has 1 fully saturated rings. The number of aliphatic carboxylic acids is 1. The van der Waals surface area contributed by atoms with Crippen LogP contribution in [0.4, 0.5) is 0 Å². The Kier molecular flexibility index (Phi) is 1.57. The van der Waals surface area contributed by atoms with E-state index in [4.69, 9.17) is 4.74 Å². The highest BCUT2D eigenvalue weighted by Crippen LogP contribution is 2.54. The summed E-state index contributed by atoms with van der Waals surface area (Å²) in [5.74, 6) is -1.40. The van der Waals surface area contributed by atoms with Crippen molar-refractivity contribution < 1.29 is 19.4 Å². The Hall–Kier alpha value is -1.32. The molecule has 3 unspecified atom stereocenters. The third kappa shape index (κ3) is 0.744. The first-order valence-corrected chi connectivity index (χ1v) is 4.55. The van der Waals surface area contributed by atoms with E-state index in [1.807, 2.05) is 6.08 Å². The molecular weight excluding hydrogens is 184 g/mol. The predicted molar refractivity (Wildman–Crippen MR) is 47.5 cm³/mol. The van der Waals surface area contributed by atoms with E-state index in [-0.39, 0.29) is 0 Å². The van der Waals surface area contributed by atoms with Gasteiger partial charge in [-0.2, -0.15) is 0 Å². The molecule has 0 aromatic rings. The molecule has 14 heavy (non-hydrogen) atoms. The molecule has 0 aromatic carbocycles. The maximum Gasteiger partial charge on any atom is 0.317 e. The van der Waals surface area contributed by atoms with Gasteiger partial charge in [0.25, 0.3) is 0 Å². The lowest BCUT2D eigenvalue weighted by Gasteiger charge is -2.35. The number of hydrogen-bond acceptors (Lipinski definition) is 3. The minimum absolute atomic E-state index is 0.429. The van der Waals surface area contributed by atoms with Gasteiger partial charge in [0.15, 0.2) is 0 Å². The van der Waals surface area contributed by atoms with Crippen molar-refractivity contribution in [2.75, 3.05) is 0 Å². The van der Waals surface area contributed by atoms with Crippen LogP contribution < -0.4 is 0 Å². The van der Waals surface area contributed by atoms with Gasteiger partial charge in [-0.15, -0.1) is 0 Å². The number of rotatable bonds is 1. The molecule has 0 amide bonds. The van der Waals surface area contributed by atoms with E-state index in [0.717, 1.165) is 0 Å². The summed E-state index contributed by atoms with van der Waals surface area (Å²) in [5, 5.41) is 9.20. The average Bonchev–Trinajstić information content (AvgIpc) is 2.23. The minimum atomic E-state index is -1.13. The van der Waals surface area contributed by atoms with Crippen LogP contribution in [0.1, 0.15) is 20.3 Å². The van der Waals surface area contributed by atoms with Crippen LogP contribution in [-0.2, 0) is 14.3 Å². The van der Waals surface area contributed by atoms with Crippen molar-refractivity contribution >= 4 is 11.9 Å². The van der Waals surface area contributed by atoms with E-state index in [0.29, 0.717) is 6.42 Å². The third-order valence-electron chi connectivity index (χ3n) is 3.64. The lowest BCUT2D eigenvalue weighted by atomic mass is 9.61. The summed E-state index contributed by atoms with van der Waals surface area (Å²) in [6.07, 6.45) is 3.44. The third-order valence-corrected chi connectivity index (χ3v) is 3.64. The van der Waals surface area contributed by atoms with Crippen LogP contribution >= 0.6 is 0 Å². The van der Waals surface area contributed by atoms with Crippen molar-refractivity contribution in [3.05, 3.63) is 12.2 Å². The second-order valence-corrected chi connectivity index (χ2v) is 4.24. The lowest BCUT2D eigenvalue weighted by Crippen LogP contribution is -2.48. The summed E-state index contributed by atoms with van der Waals surface area (Å²) in [6, 6.07) is 0. The van der Waals surface area contributed by atoms with Crippen molar-refractivity contribution in [1.29, 1.82) is 0 Å². The first-order valence-electron chi connectivity index (χ1n) is 4.55. The van der Waals surface area contributed by atoms with E-state index < -0.39 is 28.9 Å². The lowest BCUT2D eigenvalue weighted by molar-refractivity contribution is -0.155. The average molecular weight is 196 g/mol. The van der Waals surface area contributed by atoms with Crippen molar-refractivity contribution in [2.24, 2.45) is 10.8 Å².